The van der Waals surface area contributed by atoms with E-state index in [1.54, 1.807) is 6.33 Å². The quantitative estimate of drug-likeness (QED) is 0.600. The first-order valence-electron chi connectivity index (χ1n) is 9.40. The summed E-state index contributed by atoms with van der Waals surface area (Å²) in [5.74, 6) is 0.581. The zero-order valence-electron chi connectivity index (χ0n) is 16.7. The van der Waals surface area contributed by atoms with E-state index in [2.05, 4.69) is 67.5 Å². The van der Waals surface area contributed by atoms with Gasteiger partial charge in [-0.2, -0.15) is 0 Å². The van der Waals surface area contributed by atoms with Crippen LogP contribution in [0.2, 0.25) is 0 Å². The van der Waals surface area contributed by atoms with Crippen LogP contribution in [0.1, 0.15) is 36.6 Å². The molecule has 0 aliphatic heterocycles. The second kappa shape index (κ2) is 9.06. The number of nitrogens with one attached hydrogen (secondary N) is 1. The van der Waals surface area contributed by atoms with Crippen molar-refractivity contribution in [3.05, 3.63) is 71.5 Å². The molecule has 1 amide bonds. The van der Waals surface area contributed by atoms with Gasteiger partial charge in [0.25, 0.3) is 0 Å². The maximum absolute atomic E-state index is 12.6. The molecule has 1 heterocycles. The van der Waals surface area contributed by atoms with Crippen LogP contribution in [0.5, 0.6) is 0 Å². The molecule has 0 fully saturated rings. The molecule has 28 heavy (non-hydrogen) atoms. The summed E-state index contributed by atoms with van der Waals surface area (Å²) in [7, 11) is 0. The lowest BCUT2D eigenvalue weighted by Gasteiger charge is -2.22. The van der Waals surface area contributed by atoms with Gasteiger partial charge < -0.3 is 5.32 Å². The number of carbonyl (C=O) groups is 1. The summed E-state index contributed by atoms with van der Waals surface area (Å²) in [5, 5.41) is 12.1. The summed E-state index contributed by atoms with van der Waals surface area (Å²) >= 11 is 1.39. The van der Waals surface area contributed by atoms with Crippen molar-refractivity contribution < 1.29 is 4.79 Å². The molecule has 1 N–H and O–H groups in total. The maximum Gasteiger partial charge on any atom is 0.230 e. The van der Waals surface area contributed by atoms with Crippen molar-refractivity contribution in [2.45, 2.75) is 38.9 Å². The number of rotatable bonds is 7. The first kappa shape index (κ1) is 20.1. The Labute approximate surface area is 170 Å². The van der Waals surface area contributed by atoms with Crippen LogP contribution in [0.3, 0.4) is 0 Å². The Morgan fingerprint density at radius 3 is 2.54 bits per heavy atom. The van der Waals surface area contributed by atoms with Crippen LogP contribution in [0.4, 0.5) is 0 Å². The number of nitrogens with zero attached hydrogens (tertiary/aromatic N) is 3. The molecule has 0 radical (unpaired) electrons. The highest BCUT2D eigenvalue weighted by atomic mass is 32.2. The van der Waals surface area contributed by atoms with Gasteiger partial charge in [-0.1, -0.05) is 62.0 Å². The Morgan fingerprint density at radius 1 is 1.11 bits per heavy atom. The molecule has 3 rings (SSSR count). The van der Waals surface area contributed by atoms with E-state index in [9.17, 15) is 4.79 Å². The van der Waals surface area contributed by atoms with Crippen LogP contribution in [0.15, 0.2) is 60.0 Å². The van der Waals surface area contributed by atoms with Crippen molar-refractivity contribution in [2.24, 2.45) is 5.92 Å². The number of carbonyl (C=O) groups excluding carboxylic acids is 1. The Hall–Kier alpha value is -2.60. The van der Waals surface area contributed by atoms with Gasteiger partial charge in [0.1, 0.15) is 6.33 Å². The number of thioether (sulfide) groups is 1. The van der Waals surface area contributed by atoms with Gasteiger partial charge in [0.15, 0.2) is 5.16 Å². The highest BCUT2D eigenvalue weighted by Gasteiger charge is 2.19. The van der Waals surface area contributed by atoms with Gasteiger partial charge in [0.2, 0.25) is 5.91 Å². The van der Waals surface area contributed by atoms with Crippen LogP contribution in [0.25, 0.3) is 5.69 Å². The van der Waals surface area contributed by atoms with E-state index in [1.807, 2.05) is 28.8 Å². The second-order valence-corrected chi connectivity index (χ2v) is 8.18. The van der Waals surface area contributed by atoms with Crippen molar-refractivity contribution in [3.63, 3.8) is 0 Å². The monoisotopic (exact) mass is 394 g/mol. The van der Waals surface area contributed by atoms with E-state index < -0.39 is 0 Å². The van der Waals surface area contributed by atoms with E-state index in [0.717, 1.165) is 11.3 Å². The molecule has 0 spiro atoms. The maximum atomic E-state index is 12.6. The molecule has 146 valence electrons. The fourth-order valence-corrected chi connectivity index (χ4v) is 3.76. The van der Waals surface area contributed by atoms with Crippen LogP contribution in [-0.4, -0.2) is 26.4 Å². The first-order valence-corrected chi connectivity index (χ1v) is 10.4. The number of amides is 1. The molecule has 1 atom stereocenters. The number of benzene rings is 2. The van der Waals surface area contributed by atoms with E-state index in [0.29, 0.717) is 16.8 Å². The van der Waals surface area contributed by atoms with Crippen molar-refractivity contribution in [1.29, 1.82) is 0 Å². The minimum Gasteiger partial charge on any atom is -0.348 e. The fraction of sp³-hybridized carbons (Fsp3) is 0.318. The molecule has 0 aliphatic rings. The highest BCUT2D eigenvalue weighted by Crippen LogP contribution is 2.24. The van der Waals surface area contributed by atoms with Crippen molar-refractivity contribution in [3.8, 4) is 5.69 Å². The number of aromatic nitrogens is 3. The van der Waals surface area contributed by atoms with E-state index >= 15 is 0 Å². The summed E-state index contributed by atoms with van der Waals surface area (Å²) in [5.41, 5.74) is 4.57. The molecular weight excluding hydrogens is 368 g/mol. The topological polar surface area (TPSA) is 59.8 Å². The predicted octanol–water partition coefficient (Wildman–Crippen LogP) is 4.49. The number of hydrogen-bond donors (Lipinski definition) is 1. The standard InChI is InChI=1S/C22H26N4OS/c1-15(2)21(18-8-6-5-7-9-18)24-20(27)13-28-22-25-23-14-26(22)19-11-10-16(3)17(4)12-19/h5-12,14-15,21H,13H2,1-4H3,(H,24,27). The first-order chi connectivity index (χ1) is 13.5. The third-order valence-electron chi connectivity index (χ3n) is 4.76. The summed E-state index contributed by atoms with van der Waals surface area (Å²) in [6, 6.07) is 16.3. The molecule has 0 saturated carbocycles. The molecule has 1 unspecified atom stereocenters. The van der Waals surface area contributed by atoms with Gasteiger partial charge in [-0.15, -0.1) is 10.2 Å². The summed E-state index contributed by atoms with van der Waals surface area (Å²) in [6.45, 7) is 8.39. The largest absolute Gasteiger partial charge is 0.348 e. The lowest BCUT2D eigenvalue weighted by Crippen LogP contribution is -2.33. The molecule has 0 aliphatic carbocycles. The lowest BCUT2D eigenvalue weighted by atomic mass is 9.96. The minimum atomic E-state index is -0.0119. The van der Waals surface area contributed by atoms with Crippen LogP contribution in [-0.2, 0) is 4.79 Å². The fourth-order valence-electron chi connectivity index (χ4n) is 3.02. The minimum absolute atomic E-state index is 0.00748. The smallest absolute Gasteiger partial charge is 0.230 e. The Bertz CT molecular complexity index is 937. The third kappa shape index (κ3) is 4.81. The van der Waals surface area contributed by atoms with Crippen LogP contribution >= 0.6 is 11.8 Å². The zero-order chi connectivity index (χ0) is 20.1. The molecular formula is C22H26N4OS. The predicted molar refractivity (Wildman–Crippen MR) is 114 cm³/mol. The molecule has 2 aromatic carbocycles. The van der Waals surface area contributed by atoms with E-state index in [-0.39, 0.29) is 11.9 Å². The second-order valence-electron chi connectivity index (χ2n) is 7.24. The average molecular weight is 395 g/mol. The molecule has 5 nitrogen and oxygen atoms in total. The average Bonchev–Trinajstić information content (AvgIpc) is 3.15. The molecule has 0 saturated heterocycles. The van der Waals surface area contributed by atoms with Crippen LogP contribution in [0, 0.1) is 19.8 Å². The van der Waals surface area contributed by atoms with E-state index in [4.69, 9.17) is 0 Å². The highest BCUT2D eigenvalue weighted by molar-refractivity contribution is 7.99. The summed E-state index contributed by atoms with van der Waals surface area (Å²) in [6.07, 6.45) is 1.69. The van der Waals surface area contributed by atoms with Gasteiger partial charge in [-0.05, 0) is 48.6 Å². The van der Waals surface area contributed by atoms with Gasteiger partial charge in [-0.3, -0.25) is 9.36 Å². The molecule has 6 heteroatoms. The summed E-state index contributed by atoms with van der Waals surface area (Å²) in [4.78, 5) is 12.6. The lowest BCUT2D eigenvalue weighted by molar-refractivity contribution is -0.119. The third-order valence-corrected chi connectivity index (χ3v) is 5.70. The van der Waals surface area contributed by atoms with Gasteiger partial charge in [-0.25, -0.2) is 0 Å². The van der Waals surface area contributed by atoms with Crippen molar-refractivity contribution >= 4 is 17.7 Å². The number of hydrogen-bond acceptors (Lipinski definition) is 4. The van der Waals surface area contributed by atoms with Gasteiger partial charge >= 0.3 is 0 Å². The normalized spacial score (nSPS) is 12.2. The SMILES string of the molecule is Cc1ccc(-n2cnnc2SCC(=O)NC(c2ccccc2)C(C)C)cc1C. The summed E-state index contributed by atoms with van der Waals surface area (Å²) < 4.78 is 1.92. The molecule has 0 bridgehead atoms. The Balaban J connectivity index is 1.67. The zero-order valence-corrected chi connectivity index (χ0v) is 17.5. The molecule has 1 aromatic heterocycles. The Kier molecular flexibility index (Phi) is 6.52. The van der Waals surface area contributed by atoms with E-state index in [1.165, 1.54) is 22.9 Å². The van der Waals surface area contributed by atoms with Crippen LogP contribution < -0.4 is 5.32 Å². The van der Waals surface area contributed by atoms with Gasteiger partial charge in [0.05, 0.1) is 11.8 Å². The van der Waals surface area contributed by atoms with Crippen molar-refractivity contribution in [2.75, 3.05) is 5.75 Å². The Morgan fingerprint density at radius 2 is 1.86 bits per heavy atom. The molecule has 3 aromatic rings. The van der Waals surface area contributed by atoms with Crippen molar-refractivity contribution in [1.82, 2.24) is 20.1 Å². The number of aryl methyl sites for hydroxylation is 2. The van der Waals surface area contributed by atoms with Gasteiger partial charge in [0, 0.05) is 5.69 Å².